The van der Waals surface area contributed by atoms with Gasteiger partial charge < -0.3 is 13.7 Å². The first-order valence-corrected chi connectivity index (χ1v) is 19.9. The maximum absolute atomic E-state index is 6.66. The van der Waals surface area contributed by atoms with Crippen molar-refractivity contribution in [3.63, 3.8) is 0 Å². The molecule has 0 aliphatic rings. The average Bonchev–Trinajstić information content (AvgIpc) is 3.91. The minimum absolute atomic E-state index is 0.578. The lowest BCUT2D eigenvalue weighted by atomic mass is 9.97. The van der Waals surface area contributed by atoms with E-state index in [1.165, 1.54) is 16.7 Å². The summed E-state index contributed by atoms with van der Waals surface area (Å²) in [4.78, 5) is 7.31. The summed E-state index contributed by atoms with van der Waals surface area (Å²) in [5, 5.41) is 2.05. The van der Waals surface area contributed by atoms with Gasteiger partial charge in [0.05, 0.1) is 5.69 Å². The summed E-state index contributed by atoms with van der Waals surface area (Å²) in [6, 6.07) is 76.4. The summed E-state index contributed by atoms with van der Waals surface area (Å²) in [7, 11) is 0. The van der Waals surface area contributed by atoms with E-state index >= 15 is 0 Å². The van der Waals surface area contributed by atoms with Crippen LogP contribution in [0.15, 0.2) is 227 Å². The van der Waals surface area contributed by atoms with Crippen LogP contribution >= 0.6 is 0 Å². The van der Waals surface area contributed by atoms with Gasteiger partial charge in [0.15, 0.2) is 5.58 Å². The molecule has 0 aliphatic carbocycles. The number of oxazole rings is 1. The van der Waals surface area contributed by atoms with Gasteiger partial charge in [-0.1, -0.05) is 164 Å². The maximum Gasteiger partial charge on any atom is 0.227 e. The Hall–Kier alpha value is -7.95. The van der Waals surface area contributed by atoms with Crippen molar-refractivity contribution < 1.29 is 8.83 Å². The summed E-state index contributed by atoms with van der Waals surface area (Å²) in [6.07, 6.45) is 0. The molecule has 2 aromatic heterocycles. The molecule has 0 saturated heterocycles. The van der Waals surface area contributed by atoms with Crippen molar-refractivity contribution in [3.8, 4) is 56.0 Å². The second-order valence-electron chi connectivity index (χ2n) is 14.7. The second kappa shape index (κ2) is 14.5. The Labute approximate surface area is 341 Å². The van der Waals surface area contributed by atoms with Crippen LogP contribution in [-0.2, 0) is 0 Å². The van der Waals surface area contributed by atoms with Gasteiger partial charge in [-0.05, 0) is 81.9 Å². The lowest BCUT2D eigenvalue weighted by Gasteiger charge is -2.28. The molecule has 0 spiro atoms. The fourth-order valence-corrected chi connectivity index (χ4v) is 8.27. The zero-order valence-corrected chi connectivity index (χ0v) is 32.0. The monoisotopic (exact) mass is 756 g/mol. The van der Waals surface area contributed by atoms with E-state index in [2.05, 4.69) is 175 Å². The van der Waals surface area contributed by atoms with E-state index in [9.17, 15) is 0 Å². The number of para-hydroxylation sites is 2. The third-order valence-corrected chi connectivity index (χ3v) is 11.1. The number of benzene rings is 9. The van der Waals surface area contributed by atoms with Gasteiger partial charge >= 0.3 is 0 Å². The molecule has 0 unspecified atom stereocenters. The first-order valence-electron chi connectivity index (χ1n) is 19.9. The fraction of sp³-hybridized carbons (Fsp3) is 0. The second-order valence-corrected chi connectivity index (χ2v) is 14.7. The van der Waals surface area contributed by atoms with E-state index in [1.54, 1.807) is 0 Å². The first kappa shape index (κ1) is 34.3. The number of aromatic nitrogens is 1. The zero-order valence-electron chi connectivity index (χ0n) is 32.0. The van der Waals surface area contributed by atoms with Crippen molar-refractivity contribution in [3.05, 3.63) is 218 Å². The Morgan fingerprint density at radius 2 is 0.864 bits per heavy atom. The van der Waals surface area contributed by atoms with Crippen molar-refractivity contribution >= 4 is 50.1 Å². The molecule has 0 atom stereocenters. The van der Waals surface area contributed by atoms with Crippen LogP contribution in [0.3, 0.4) is 0 Å². The van der Waals surface area contributed by atoms with Gasteiger partial charge in [-0.2, -0.15) is 0 Å². The molecule has 0 N–H and O–H groups in total. The first-order chi connectivity index (χ1) is 29.2. The highest BCUT2D eigenvalue weighted by Crippen LogP contribution is 2.45. The largest absolute Gasteiger partial charge is 0.456 e. The molecule has 11 aromatic rings. The van der Waals surface area contributed by atoms with Crippen LogP contribution in [0.5, 0.6) is 0 Å². The third-order valence-electron chi connectivity index (χ3n) is 11.1. The SMILES string of the molecule is c1ccc(-c2ccc(-c3ccc(N(c4ccc(-c5c6oc(-c7ccccc7)nc6cc6oc7ccccc7c56)cc4)c4ccccc4-c4ccccc4)cc3)cc2)cc1. The van der Waals surface area contributed by atoms with E-state index < -0.39 is 0 Å². The number of fused-ring (bicyclic) bond motifs is 4. The Morgan fingerprint density at radius 3 is 1.51 bits per heavy atom. The van der Waals surface area contributed by atoms with Gasteiger partial charge in [-0.25, -0.2) is 4.98 Å². The summed E-state index contributed by atoms with van der Waals surface area (Å²) < 4.78 is 13.1. The number of anilines is 3. The van der Waals surface area contributed by atoms with Crippen molar-refractivity contribution in [2.45, 2.75) is 0 Å². The molecule has 4 heteroatoms. The summed E-state index contributed by atoms with van der Waals surface area (Å²) in [6.45, 7) is 0. The van der Waals surface area contributed by atoms with Crippen LogP contribution in [0.25, 0.3) is 89.0 Å². The maximum atomic E-state index is 6.66. The molecule has 0 amide bonds. The summed E-state index contributed by atoms with van der Waals surface area (Å²) in [5.74, 6) is 0.578. The Kier molecular flexibility index (Phi) is 8.45. The summed E-state index contributed by atoms with van der Waals surface area (Å²) in [5.41, 5.74) is 16.2. The summed E-state index contributed by atoms with van der Waals surface area (Å²) >= 11 is 0. The van der Waals surface area contributed by atoms with Crippen molar-refractivity contribution in [2.75, 3.05) is 4.90 Å². The number of furan rings is 1. The Balaban J connectivity index is 1.04. The number of nitrogens with zero attached hydrogens (tertiary/aromatic N) is 2. The van der Waals surface area contributed by atoms with Crippen molar-refractivity contribution in [2.24, 2.45) is 0 Å². The molecule has 2 heterocycles. The fourth-order valence-electron chi connectivity index (χ4n) is 8.27. The normalized spacial score (nSPS) is 11.4. The molecular formula is C55H36N2O2. The predicted molar refractivity (Wildman–Crippen MR) is 243 cm³/mol. The molecule has 0 aliphatic heterocycles. The highest BCUT2D eigenvalue weighted by atomic mass is 16.4. The highest BCUT2D eigenvalue weighted by Gasteiger charge is 2.23. The van der Waals surface area contributed by atoms with Crippen molar-refractivity contribution in [1.82, 2.24) is 4.98 Å². The van der Waals surface area contributed by atoms with Crippen molar-refractivity contribution in [1.29, 1.82) is 0 Å². The van der Waals surface area contributed by atoms with Crippen LogP contribution < -0.4 is 4.90 Å². The van der Waals surface area contributed by atoms with Gasteiger partial charge in [0.1, 0.15) is 16.7 Å². The van der Waals surface area contributed by atoms with Gasteiger partial charge in [-0.3, -0.25) is 0 Å². The molecule has 0 bridgehead atoms. The topological polar surface area (TPSA) is 42.4 Å². The Bertz CT molecular complexity index is 3220. The molecule has 11 rings (SSSR count). The minimum Gasteiger partial charge on any atom is -0.456 e. The number of hydrogen-bond donors (Lipinski definition) is 0. The van der Waals surface area contributed by atoms with Gasteiger partial charge in [0, 0.05) is 44.9 Å². The molecule has 4 nitrogen and oxygen atoms in total. The Morgan fingerprint density at radius 1 is 0.373 bits per heavy atom. The quantitative estimate of drug-likeness (QED) is 0.155. The van der Waals surface area contributed by atoms with Gasteiger partial charge in [0.25, 0.3) is 0 Å². The van der Waals surface area contributed by atoms with Crippen LogP contribution in [0.4, 0.5) is 17.1 Å². The van der Waals surface area contributed by atoms with E-state index in [0.29, 0.717) is 5.89 Å². The average molecular weight is 757 g/mol. The van der Waals surface area contributed by atoms with E-state index in [-0.39, 0.29) is 0 Å². The molecule has 0 saturated carbocycles. The van der Waals surface area contributed by atoms with Gasteiger partial charge in [0.2, 0.25) is 5.89 Å². The molecule has 278 valence electrons. The van der Waals surface area contributed by atoms with Crippen LogP contribution in [-0.4, -0.2) is 4.98 Å². The molecule has 9 aromatic carbocycles. The van der Waals surface area contributed by atoms with Crippen LogP contribution in [0, 0.1) is 0 Å². The molecule has 0 radical (unpaired) electrons. The molecule has 0 fully saturated rings. The standard InChI is InChI=1S/C55H36N2O2/c1-4-14-37(15-5-1)38-24-26-39(27-25-38)40-28-32-44(33-29-40)57(49-22-12-10-20-46(49)41-16-6-2-7-17-41)45-34-30-42(31-35-45)52-53-47-21-11-13-23-50(47)58-51(53)36-48-54(52)59-55(56-48)43-18-8-3-9-19-43/h1-36H. The lowest BCUT2D eigenvalue weighted by Crippen LogP contribution is -2.11. The molecule has 59 heavy (non-hydrogen) atoms. The number of rotatable bonds is 8. The zero-order chi connectivity index (χ0) is 39.1. The van der Waals surface area contributed by atoms with Crippen LogP contribution in [0.1, 0.15) is 0 Å². The lowest BCUT2D eigenvalue weighted by molar-refractivity contribution is 0.621. The smallest absolute Gasteiger partial charge is 0.227 e. The van der Waals surface area contributed by atoms with E-state index in [0.717, 1.165) is 83.5 Å². The number of hydrogen-bond acceptors (Lipinski definition) is 4. The van der Waals surface area contributed by atoms with Crippen LogP contribution in [0.2, 0.25) is 0 Å². The highest BCUT2D eigenvalue weighted by molar-refractivity contribution is 6.19. The predicted octanol–water partition coefficient (Wildman–Crippen LogP) is 15.5. The van der Waals surface area contributed by atoms with Gasteiger partial charge in [-0.15, -0.1) is 0 Å². The minimum atomic E-state index is 0.578. The third kappa shape index (κ3) is 6.24. The molecular weight excluding hydrogens is 721 g/mol. The van der Waals surface area contributed by atoms with E-state index in [1.807, 2.05) is 48.5 Å². The van der Waals surface area contributed by atoms with E-state index in [4.69, 9.17) is 13.8 Å².